The second kappa shape index (κ2) is 9.52. The Morgan fingerprint density at radius 3 is 2.66 bits per heavy atom. The van der Waals surface area contributed by atoms with Crippen LogP contribution in [0.5, 0.6) is 0 Å². The molecule has 0 bridgehead atoms. The molecule has 0 unspecified atom stereocenters. The number of primary amides is 1. The number of fused-ring (bicyclic) bond motifs is 1. The molecule has 0 atom stereocenters. The van der Waals surface area contributed by atoms with Crippen molar-refractivity contribution in [1.82, 2.24) is 4.98 Å². The number of nitriles is 1. The first-order chi connectivity index (χ1) is 14.0. The number of nitrogens with zero attached hydrogens (tertiary/aromatic N) is 3. The van der Waals surface area contributed by atoms with Crippen molar-refractivity contribution >= 4 is 29.3 Å². The number of anilines is 1. The van der Waals surface area contributed by atoms with E-state index in [-0.39, 0.29) is 24.6 Å². The van der Waals surface area contributed by atoms with Gasteiger partial charge in [-0.3, -0.25) is 9.59 Å². The minimum absolute atomic E-state index is 0.00563. The molecule has 6 nitrogen and oxygen atoms in total. The van der Waals surface area contributed by atoms with Gasteiger partial charge in [0.15, 0.2) is 0 Å². The lowest BCUT2D eigenvalue weighted by Gasteiger charge is -2.22. The van der Waals surface area contributed by atoms with Crippen molar-refractivity contribution in [2.24, 2.45) is 5.73 Å². The van der Waals surface area contributed by atoms with E-state index in [4.69, 9.17) is 5.73 Å². The Morgan fingerprint density at radius 2 is 1.97 bits per heavy atom. The van der Waals surface area contributed by atoms with Crippen molar-refractivity contribution in [3.63, 3.8) is 0 Å². The largest absolute Gasteiger partial charge is 0.370 e. The van der Waals surface area contributed by atoms with Crippen LogP contribution in [0, 0.1) is 17.1 Å². The number of pyridine rings is 1. The molecular formula is C21H21FN4O2S. The Morgan fingerprint density at radius 1 is 1.24 bits per heavy atom. The zero-order valence-electron chi connectivity index (χ0n) is 15.9. The van der Waals surface area contributed by atoms with Crippen molar-refractivity contribution < 1.29 is 14.0 Å². The van der Waals surface area contributed by atoms with E-state index in [2.05, 4.69) is 11.1 Å². The van der Waals surface area contributed by atoms with E-state index in [1.54, 1.807) is 0 Å². The summed E-state index contributed by atoms with van der Waals surface area (Å²) in [5.41, 5.74) is 8.28. The molecule has 1 heterocycles. The van der Waals surface area contributed by atoms with Crippen LogP contribution in [0.2, 0.25) is 0 Å². The molecule has 0 fully saturated rings. The number of halogens is 1. The summed E-state index contributed by atoms with van der Waals surface area (Å²) in [5, 5.41) is 10.00. The standard InChI is InChI=1S/C21H21FN4O2S/c22-16-5-7-17(8-6-16)26(10-9-19(24)27)20(28)13-29-21-15(12-23)11-14-3-1-2-4-18(14)25-21/h5-8,11H,1-4,9-10,13H2,(H2,24,27). The third-order valence-corrected chi connectivity index (χ3v) is 5.72. The number of hydrogen-bond acceptors (Lipinski definition) is 5. The van der Waals surface area contributed by atoms with Gasteiger partial charge < -0.3 is 10.6 Å². The highest BCUT2D eigenvalue weighted by Gasteiger charge is 2.20. The number of rotatable bonds is 7. The Balaban J connectivity index is 1.76. The minimum atomic E-state index is -0.527. The van der Waals surface area contributed by atoms with E-state index in [9.17, 15) is 19.2 Å². The fourth-order valence-corrected chi connectivity index (χ4v) is 4.10. The predicted octanol–water partition coefficient (Wildman–Crippen LogP) is 2.97. The monoisotopic (exact) mass is 412 g/mol. The number of carbonyl (C=O) groups excluding carboxylic acids is 2. The Kier molecular flexibility index (Phi) is 6.83. The highest BCUT2D eigenvalue weighted by Crippen LogP contribution is 2.28. The van der Waals surface area contributed by atoms with E-state index in [1.165, 1.54) is 40.9 Å². The zero-order chi connectivity index (χ0) is 20.8. The van der Waals surface area contributed by atoms with Crippen LogP contribution in [0.4, 0.5) is 10.1 Å². The number of hydrogen-bond donors (Lipinski definition) is 1. The van der Waals surface area contributed by atoms with Gasteiger partial charge in [-0.25, -0.2) is 9.37 Å². The number of thioether (sulfide) groups is 1. The smallest absolute Gasteiger partial charge is 0.237 e. The van der Waals surface area contributed by atoms with Gasteiger partial charge in [0.1, 0.15) is 16.9 Å². The van der Waals surface area contributed by atoms with Crippen LogP contribution in [0.15, 0.2) is 35.4 Å². The van der Waals surface area contributed by atoms with Gasteiger partial charge in [0.25, 0.3) is 0 Å². The van der Waals surface area contributed by atoms with Crippen LogP contribution in [-0.4, -0.2) is 29.1 Å². The van der Waals surface area contributed by atoms with Gasteiger partial charge in [-0.05, 0) is 61.6 Å². The molecule has 1 aliphatic rings. The quantitative estimate of drug-likeness (QED) is 0.705. The molecule has 0 saturated carbocycles. The molecule has 1 aromatic heterocycles. The summed E-state index contributed by atoms with van der Waals surface area (Å²) in [6.07, 6.45) is 3.96. The van der Waals surface area contributed by atoms with Gasteiger partial charge >= 0.3 is 0 Å². The van der Waals surface area contributed by atoms with Gasteiger partial charge in [-0.1, -0.05) is 11.8 Å². The van der Waals surface area contributed by atoms with Crippen LogP contribution in [-0.2, 0) is 22.4 Å². The molecule has 2 amide bonds. The Hall–Kier alpha value is -2.92. The minimum Gasteiger partial charge on any atom is -0.370 e. The molecule has 8 heteroatoms. The SMILES string of the molecule is N#Cc1cc2c(nc1SCC(=O)N(CCC(N)=O)c1ccc(F)cc1)CCCC2. The first-order valence-corrected chi connectivity index (χ1v) is 10.4. The van der Waals surface area contributed by atoms with E-state index < -0.39 is 11.7 Å². The summed E-state index contributed by atoms with van der Waals surface area (Å²) in [7, 11) is 0. The summed E-state index contributed by atoms with van der Waals surface area (Å²) in [6.45, 7) is 0.100. The molecule has 29 heavy (non-hydrogen) atoms. The average molecular weight is 412 g/mol. The van der Waals surface area contributed by atoms with Crippen molar-refractivity contribution in [3.05, 3.63) is 53.0 Å². The van der Waals surface area contributed by atoms with E-state index in [1.807, 2.05) is 6.07 Å². The second-order valence-electron chi connectivity index (χ2n) is 6.79. The lowest BCUT2D eigenvalue weighted by atomic mass is 9.95. The maximum absolute atomic E-state index is 13.2. The lowest BCUT2D eigenvalue weighted by molar-refractivity contribution is -0.118. The molecule has 1 aromatic carbocycles. The molecule has 0 spiro atoms. The third-order valence-electron chi connectivity index (χ3n) is 4.74. The lowest BCUT2D eigenvalue weighted by Crippen LogP contribution is -2.35. The van der Waals surface area contributed by atoms with Gasteiger partial charge in [-0.2, -0.15) is 5.26 Å². The number of aromatic nitrogens is 1. The summed E-state index contributed by atoms with van der Waals surface area (Å²) in [5.74, 6) is -1.18. The Bertz CT molecular complexity index is 956. The van der Waals surface area contributed by atoms with Crippen LogP contribution >= 0.6 is 11.8 Å². The first-order valence-electron chi connectivity index (χ1n) is 9.38. The molecule has 150 valence electrons. The number of aryl methyl sites for hydroxylation is 2. The maximum Gasteiger partial charge on any atom is 0.237 e. The summed E-state index contributed by atoms with van der Waals surface area (Å²) < 4.78 is 13.2. The highest BCUT2D eigenvalue weighted by atomic mass is 32.2. The molecule has 0 saturated heterocycles. The highest BCUT2D eigenvalue weighted by molar-refractivity contribution is 8.00. The Labute approximate surface area is 172 Å². The summed E-state index contributed by atoms with van der Waals surface area (Å²) >= 11 is 1.20. The first kappa shape index (κ1) is 20.8. The number of amides is 2. The molecule has 1 aliphatic carbocycles. The third kappa shape index (κ3) is 5.33. The topological polar surface area (TPSA) is 100 Å². The molecule has 2 N–H and O–H groups in total. The zero-order valence-corrected chi connectivity index (χ0v) is 16.7. The number of carbonyl (C=O) groups is 2. The predicted molar refractivity (Wildman–Crippen MR) is 109 cm³/mol. The number of benzene rings is 1. The van der Waals surface area contributed by atoms with Gasteiger partial charge in [0.05, 0.1) is 11.3 Å². The fourth-order valence-electron chi connectivity index (χ4n) is 3.25. The molecule has 2 aromatic rings. The fraction of sp³-hybridized carbons (Fsp3) is 0.333. The van der Waals surface area contributed by atoms with Gasteiger partial charge in [0, 0.05) is 24.3 Å². The molecule has 0 aliphatic heterocycles. The van der Waals surface area contributed by atoms with E-state index in [0.29, 0.717) is 16.3 Å². The normalized spacial score (nSPS) is 12.7. The van der Waals surface area contributed by atoms with Crippen molar-refractivity contribution in [3.8, 4) is 6.07 Å². The van der Waals surface area contributed by atoms with Gasteiger partial charge in [-0.15, -0.1) is 0 Å². The van der Waals surface area contributed by atoms with Crippen molar-refractivity contribution in [2.45, 2.75) is 37.1 Å². The van der Waals surface area contributed by atoms with Gasteiger partial charge in [0.2, 0.25) is 11.8 Å². The van der Waals surface area contributed by atoms with Crippen LogP contribution in [0.25, 0.3) is 0 Å². The van der Waals surface area contributed by atoms with Crippen LogP contribution in [0.3, 0.4) is 0 Å². The number of nitrogens with two attached hydrogens (primary N) is 1. The van der Waals surface area contributed by atoms with Crippen LogP contribution in [0.1, 0.15) is 36.1 Å². The second-order valence-corrected chi connectivity index (χ2v) is 7.76. The average Bonchev–Trinajstić information content (AvgIpc) is 2.72. The van der Waals surface area contributed by atoms with Crippen molar-refractivity contribution in [1.29, 1.82) is 5.26 Å². The van der Waals surface area contributed by atoms with Crippen molar-refractivity contribution in [2.75, 3.05) is 17.2 Å². The van der Waals surface area contributed by atoms with Crippen LogP contribution < -0.4 is 10.6 Å². The van der Waals surface area contributed by atoms with E-state index in [0.717, 1.165) is 36.9 Å². The molecule has 3 rings (SSSR count). The molecule has 0 radical (unpaired) electrons. The van der Waals surface area contributed by atoms with E-state index >= 15 is 0 Å². The maximum atomic E-state index is 13.2. The molecular weight excluding hydrogens is 391 g/mol. The summed E-state index contributed by atoms with van der Waals surface area (Å²) in [4.78, 5) is 30.1. The summed E-state index contributed by atoms with van der Waals surface area (Å²) in [6, 6.07) is 9.52.